The Morgan fingerprint density at radius 3 is 2.67 bits per heavy atom. The van der Waals surface area contributed by atoms with E-state index in [0.717, 1.165) is 49.5 Å². The standard InChI is InChI=1S/C16H24Cl2N2O/c1-12(15-4-3-13(17)11-16(15)18)20-8-5-14(6-9-20)21-10-2-7-19/h3-4,11-12,14H,2,5-10,19H2,1H3. The van der Waals surface area contributed by atoms with Gasteiger partial charge in [0.2, 0.25) is 0 Å². The van der Waals surface area contributed by atoms with Gasteiger partial charge in [-0.3, -0.25) is 4.90 Å². The Labute approximate surface area is 137 Å². The molecule has 1 aliphatic heterocycles. The first kappa shape index (κ1) is 17.0. The Hall–Kier alpha value is -0.320. The third-order valence-corrected chi connectivity index (χ3v) is 4.70. The van der Waals surface area contributed by atoms with E-state index < -0.39 is 0 Å². The average molecular weight is 331 g/mol. The van der Waals surface area contributed by atoms with Gasteiger partial charge in [0.25, 0.3) is 0 Å². The van der Waals surface area contributed by atoms with Crippen molar-refractivity contribution in [3.63, 3.8) is 0 Å². The van der Waals surface area contributed by atoms with Crippen molar-refractivity contribution in [2.24, 2.45) is 5.73 Å². The van der Waals surface area contributed by atoms with Gasteiger partial charge in [0.15, 0.2) is 0 Å². The van der Waals surface area contributed by atoms with E-state index >= 15 is 0 Å². The maximum atomic E-state index is 6.31. The Morgan fingerprint density at radius 2 is 2.05 bits per heavy atom. The molecule has 0 aliphatic carbocycles. The van der Waals surface area contributed by atoms with E-state index in [4.69, 9.17) is 33.7 Å². The summed E-state index contributed by atoms with van der Waals surface area (Å²) in [5.41, 5.74) is 6.63. The summed E-state index contributed by atoms with van der Waals surface area (Å²) in [6.45, 7) is 5.75. The lowest BCUT2D eigenvalue weighted by molar-refractivity contribution is -0.000736. The lowest BCUT2D eigenvalue weighted by atomic mass is 10.0. The number of halogens is 2. The summed E-state index contributed by atoms with van der Waals surface area (Å²) in [7, 11) is 0. The molecule has 3 nitrogen and oxygen atoms in total. The van der Waals surface area contributed by atoms with Crippen LogP contribution in [0.3, 0.4) is 0 Å². The van der Waals surface area contributed by atoms with Gasteiger partial charge in [0, 0.05) is 35.8 Å². The minimum Gasteiger partial charge on any atom is -0.378 e. The largest absolute Gasteiger partial charge is 0.378 e. The highest BCUT2D eigenvalue weighted by atomic mass is 35.5. The Morgan fingerprint density at radius 1 is 1.33 bits per heavy atom. The van der Waals surface area contributed by atoms with Crippen molar-refractivity contribution in [1.29, 1.82) is 0 Å². The van der Waals surface area contributed by atoms with Crippen LogP contribution < -0.4 is 5.73 Å². The first-order chi connectivity index (χ1) is 10.1. The Bertz CT molecular complexity index is 448. The molecule has 0 radical (unpaired) electrons. The molecule has 1 unspecified atom stereocenters. The van der Waals surface area contributed by atoms with Gasteiger partial charge >= 0.3 is 0 Å². The van der Waals surface area contributed by atoms with Crippen LogP contribution in [0.25, 0.3) is 0 Å². The molecular weight excluding hydrogens is 307 g/mol. The van der Waals surface area contributed by atoms with Crippen LogP contribution in [0.2, 0.25) is 10.0 Å². The molecule has 1 saturated heterocycles. The number of nitrogens with zero attached hydrogens (tertiary/aromatic N) is 1. The number of ether oxygens (including phenoxy) is 1. The second-order valence-electron chi connectivity index (χ2n) is 5.59. The van der Waals surface area contributed by atoms with E-state index in [1.807, 2.05) is 18.2 Å². The molecule has 1 aliphatic rings. The molecule has 0 saturated carbocycles. The first-order valence-corrected chi connectivity index (χ1v) is 8.38. The van der Waals surface area contributed by atoms with Crippen LogP contribution in [0.1, 0.15) is 37.8 Å². The van der Waals surface area contributed by atoms with Crippen LogP contribution in [-0.4, -0.2) is 37.2 Å². The SMILES string of the molecule is CC(c1ccc(Cl)cc1Cl)N1CCC(OCCCN)CC1. The van der Waals surface area contributed by atoms with Crippen LogP contribution in [0.15, 0.2) is 18.2 Å². The molecular formula is C16H24Cl2N2O. The van der Waals surface area contributed by atoms with Crippen LogP contribution >= 0.6 is 23.2 Å². The quantitative estimate of drug-likeness (QED) is 0.804. The minimum atomic E-state index is 0.305. The predicted octanol–water partition coefficient (Wildman–Crippen LogP) is 3.88. The fourth-order valence-electron chi connectivity index (χ4n) is 2.80. The van der Waals surface area contributed by atoms with Crippen LogP contribution in [0.5, 0.6) is 0 Å². The molecule has 118 valence electrons. The second kappa shape index (κ2) is 8.35. The smallest absolute Gasteiger partial charge is 0.0599 e. The molecule has 1 atom stereocenters. The van der Waals surface area contributed by atoms with Gasteiger partial charge in [-0.15, -0.1) is 0 Å². The van der Waals surface area contributed by atoms with Gasteiger partial charge in [-0.2, -0.15) is 0 Å². The molecule has 21 heavy (non-hydrogen) atoms. The maximum absolute atomic E-state index is 6.31. The van der Waals surface area contributed by atoms with E-state index in [1.54, 1.807) is 0 Å². The van der Waals surface area contributed by atoms with Crippen LogP contribution in [0.4, 0.5) is 0 Å². The summed E-state index contributed by atoms with van der Waals surface area (Å²) in [6, 6.07) is 6.05. The topological polar surface area (TPSA) is 38.5 Å². The Kier molecular flexibility index (Phi) is 6.77. The summed E-state index contributed by atoms with van der Waals surface area (Å²) < 4.78 is 5.85. The zero-order chi connectivity index (χ0) is 15.2. The van der Waals surface area contributed by atoms with Crippen molar-refractivity contribution in [2.45, 2.75) is 38.3 Å². The van der Waals surface area contributed by atoms with Gasteiger partial charge in [-0.25, -0.2) is 0 Å². The van der Waals surface area contributed by atoms with Crippen molar-refractivity contribution < 1.29 is 4.74 Å². The highest BCUT2D eigenvalue weighted by molar-refractivity contribution is 6.35. The van der Waals surface area contributed by atoms with E-state index in [-0.39, 0.29) is 0 Å². The molecule has 2 N–H and O–H groups in total. The normalized spacial score (nSPS) is 18.9. The highest BCUT2D eigenvalue weighted by Gasteiger charge is 2.24. The van der Waals surface area contributed by atoms with Crippen molar-refractivity contribution in [1.82, 2.24) is 4.90 Å². The molecule has 2 rings (SSSR count). The molecule has 0 aromatic heterocycles. The number of benzene rings is 1. The number of hydrogen-bond acceptors (Lipinski definition) is 3. The van der Waals surface area contributed by atoms with Gasteiger partial charge in [-0.1, -0.05) is 29.3 Å². The van der Waals surface area contributed by atoms with Crippen LogP contribution in [-0.2, 0) is 4.74 Å². The number of hydrogen-bond donors (Lipinski definition) is 1. The predicted molar refractivity (Wildman–Crippen MR) is 89.1 cm³/mol. The van der Waals surface area contributed by atoms with Gasteiger partial charge < -0.3 is 10.5 Å². The Balaban J connectivity index is 1.86. The number of piperidine rings is 1. The number of likely N-dealkylation sites (tertiary alicyclic amines) is 1. The third-order valence-electron chi connectivity index (χ3n) is 4.14. The van der Waals surface area contributed by atoms with Crippen molar-refractivity contribution >= 4 is 23.2 Å². The first-order valence-electron chi connectivity index (χ1n) is 7.62. The fraction of sp³-hybridized carbons (Fsp3) is 0.625. The van der Waals surface area contributed by atoms with Crippen molar-refractivity contribution in [3.05, 3.63) is 33.8 Å². The van der Waals surface area contributed by atoms with Gasteiger partial charge in [0.1, 0.15) is 0 Å². The fourth-order valence-corrected chi connectivity index (χ4v) is 3.37. The van der Waals surface area contributed by atoms with Crippen molar-refractivity contribution in [3.8, 4) is 0 Å². The molecule has 1 aromatic carbocycles. The third kappa shape index (κ3) is 4.83. The van der Waals surface area contributed by atoms with E-state index in [0.29, 0.717) is 23.7 Å². The van der Waals surface area contributed by atoms with E-state index in [2.05, 4.69) is 11.8 Å². The summed E-state index contributed by atoms with van der Waals surface area (Å²) in [6.07, 6.45) is 3.46. The van der Waals surface area contributed by atoms with Gasteiger partial charge in [-0.05, 0) is 50.4 Å². The van der Waals surface area contributed by atoms with Gasteiger partial charge in [0.05, 0.1) is 6.10 Å². The second-order valence-corrected chi connectivity index (χ2v) is 6.43. The number of rotatable bonds is 6. The molecule has 0 bridgehead atoms. The minimum absolute atomic E-state index is 0.305. The van der Waals surface area contributed by atoms with E-state index in [1.165, 1.54) is 0 Å². The molecule has 1 heterocycles. The number of nitrogens with two attached hydrogens (primary N) is 1. The molecule has 1 fully saturated rings. The van der Waals surface area contributed by atoms with Crippen LogP contribution in [0, 0.1) is 0 Å². The molecule has 1 aromatic rings. The van der Waals surface area contributed by atoms with E-state index in [9.17, 15) is 0 Å². The lowest BCUT2D eigenvalue weighted by Gasteiger charge is -2.36. The monoisotopic (exact) mass is 330 g/mol. The molecule has 0 amide bonds. The zero-order valence-corrected chi connectivity index (χ0v) is 14.0. The lowest BCUT2D eigenvalue weighted by Crippen LogP contribution is -2.38. The summed E-state index contributed by atoms with van der Waals surface area (Å²) in [5.74, 6) is 0. The summed E-state index contributed by atoms with van der Waals surface area (Å²) in [4.78, 5) is 2.46. The maximum Gasteiger partial charge on any atom is 0.0599 e. The molecule has 5 heteroatoms. The highest BCUT2D eigenvalue weighted by Crippen LogP contribution is 2.31. The summed E-state index contributed by atoms with van der Waals surface area (Å²) in [5, 5.41) is 1.43. The zero-order valence-electron chi connectivity index (χ0n) is 12.5. The average Bonchev–Trinajstić information content (AvgIpc) is 2.48. The summed E-state index contributed by atoms with van der Waals surface area (Å²) >= 11 is 12.3. The van der Waals surface area contributed by atoms with Crippen molar-refractivity contribution in [2.75, 3.05) is 26.2 Å². The molecule has 0 spiro atoms.